The Morgan fingerprint density at radius 3 is 1.68 bits per heavy atom. The minimum absolute atomic E-state index is 0.609. The highest BCUT2D eigenvalue weighted by Gasteiger charge is 2.20. The van der Waals surface area contributed by atoms with Crippen LogP contribution in [0.4, 0.5) is 4.79 Å². The molecule has 0 unspecified atom stereocenters. The molecule has 0 saturated heterocycles. The van der Waals surface area contributed by atoms with E-state index in [2.05, 4.69) is 5.32 Å². The number of hydrogen-bond acceptors (Lipinski definition) is 5. The van der Waals surface area contributed by atoms with Gasteiger partial charge in [0.15, 0.2) is 0 Å². The van der Waals surface area contributed by atoms with Crippen molar-refractivity contribution in [2.45, 2.75) is 52.3 Å². The summed E-state index contributed by atoms with van der Waals surface area (Å²) < 4.78 is 4.85. The number of carbonyl (C=O) groups is 3. The molecule has 8 heteroatoms. The van der Waals surface area contributed by atoms with Gasteiger partial charge >= 0.3 is 18.0 Å². The average molecular weight is 278 g/mol. The van der Waals surface area contributed by atoms with Gasteiger partial charge in [0.2, 0.25) is 0 Å². The molecule has 112 valence electrons. The summed E-state index contributed by atoms with van der Waals surface area (Å²) in [4.78, 5) is 30.9. The van der Waals surface area contributed by atoms with E-state index in [1.54, 1.807) is 20.8 Å². The molecule has 0 aliphatic heterocycles. The van der Waals surface area contributed by atoms with Gasteiger partial charge in [-0.25, -0.2) is 4.79 Å². The number of carbonyl (C=O) groups excluding carboxylic acids is 1. The third-order valence-corrected chi connectivity index (χ3v) is 1.49. The van der Waals surface area contributed by atoms with Crippen molar-refractivity contribution in [2.75, 3.05) is 0 Å². The van der Waals surface area contributed by atoms with Crippen LogP contribution in [0.3, 0.4) is 0 Å². The van der Waals surface area contributed by atoms with Gasteiger partial charge < -0.3 is 26.0 Å². The van der Waals surface area contributed by atoms with Crippen LogP contribution in [-0.2, 0) is 14.3 Å². The molecular weight excluding hydrogens is 256 g/mol. The van der Waals surface area contributed by atoms with Crippen LogP contribution in [0.15, 0.2) is 0 Å². The first kappa shape index (κ1) is 19.5. The molecule has 0 aromatic rings. The fourth-order valence-corrected chi connectivity index (χ4v) is 0.546. The Bertz CT molecular complexity index is 322. The number of nitrogens with two attached hydrogens (primary N) is 1. The van der Waals surface area contributed by atoms with E-state index in [4.69, 9.17) is 20.7 Å². The van der Waals surface area contributed by atoms with Crippen LogP contribution in [0.1, 0.15) is 34.6 Å². The van der Waals surface area contributed by atoms with Gasteiger partial charge in [0, 0.05) is 0 Å². The molecule has 2 atom stereocenters. The number of alkyl carbamates (subject to hydrolysis) is 1. The molecule has 8 nitrogen and oxygen atoms in total. The third kappa shape index (κ3) is 14.1. The van der Waals surface area contributed by atoms with Crippen molar-refractivity contribution in [3.05, 3.63) is 0 Å². The van der Waals surface area contributed by atoms with Gasteiger partial charge in [0.1, 0.15) is 17.7 Å². The summed E-state index contributed by atoms with van der Waals surface area (Å²) in [6.45, 7) is 7.91. The lowest BCUT2D eigenvalue weighted by Gasteiger charge is -2.20. The second-order valence-corrected chi connectivity index (χ2v) is 4.83. The van der Waals surface area contributed by atoms with E-state index in [1.807, 2.05) is 0 Å². The first-order valence-corrected chi connectivity index (χ1v) is 5.57. The van der Waals surface area contributed by atoms with Crippen molar-refractivity contribution < 1.29 is 29.3 Å². The van der Waals surface area contributed by atoms with Crippen molar-refractivity contribution in [3.63, 3.8) is 0 Å². The normalized spacial score (nSPS) is 13.4. The Hall–Kier alpha value is -1.83. The molecule has 1 amide bonds. The second-order valence-electron chi connectivity index (χ2n) is 4.83. The molecular formula is C11H22N2O6. The Morgan fingerprint density at radius 2 is 1.47 bits per heavy atom. The van der Waals surface area contributed by atoms with Crippen molar-refractivity contribution in [1.29, 1.82) is 0 Å². The van der Waals surface area contributed by atoms with Gasteiger partial charge in [-0.2, -0.15) is 0 Å². The molecule has 0 aromatic heterocycles. The molecule has 0 radical (unpaired) electrons. The molecule has 19 heavy (non-hydrogen) atoms. The number of ether oxygens (including phenoxy) is 1. The van der Waals surface area contributed by atoms with E-state index in [-0.39, 0.29) is 0 Å². The van der Waals surface area contributed by atoms with Gasteiger partial charge in [-0.05, 0) is 34.6 Å². The zero-order valence-electron chi connectivity index (χ0n) is 11.8. The van der Waals surface area contributed by atoms with Crippen molar-refractivity contribution in [3.8, 4) is 0 Å². The highest BCUT2D eigenvalue weighted by Crippen LogP contribution is 2.06. The minimum Gasteiger partial charge on any atom is -0.480 e. The Labute approximate surface area is 111 Å². The molecule has 0 aromatic carbocycles. The number of carboxylic acid groups (broad SMARTS) is 2. The highest BCUT2D eigenvalue weighted by molar-refractivity contribution is 5.79. The molecule has 0 bridgehead atoms. The standard InChI is InChI=1S/C8H15NO4.C3H7NO2/c1-5(6(10)11)9-7(12)13-8(2,3)4;1-2(4)3(5)6/h5H,1-4H3,(H,9,12)(H,10,11);2H,4H2,1H3,(H,5,6)/t5-;2-/m00/s1. The number of hydrogen-bond donors (Lipinski definition) is 4. The monoisotopic (exact) mass is 278 g/mol. The number of nitrogens with one attached hydrogen (secondary N) is 1. The maximum absolute atomic E-state index is 11.0. The van der Waals surface area contributed by atoms with Gasteiger partial charge in [0.05, 0.1) is 0 Å². The van der Waals surface area contributed by atoms with Crippen LogP contribution in [0.25, 0.3) is 0 Å². The number of amides is 1. The van der Waals surface area contributed by atoms with Gasteiger partial charge in [0.25, 0.3) is 0 Å². The van der Waals surface area contributed by atoms with E-state index in [0.717, 1.165) is 0 Å². The molecule has 0 aliphatic carbocycles. The average Bonchev–Trinajstić information content (AvgIpc) is 2.14. The summed E-state index contributed by atoms with van der Waals surface area (Å²) >= 11 is 0. The quantitative estimate of drug-likeness (QED) is 0.586. The molecule has 0 saturated carbocycles. The van der Waals surface area contributed by atoms with E-state index in [9.17, 15) is 14.4 Å². The molecule has 0 rings (SSSR count). The fourth-order valence-electron chi connectivity index (χ4n) is 0.546. The predicted molar refractivity (Wildman–Crippen MR) is 67.8 cm³/mol. The Balaban J connectivity index is 0. The van der Waals surface area contributed by atoms with E-state index in [0.29, 0.717) is 0 Å². The van der Waals surface area contributed by atoms with Crippen molar-refractivity contribution in [1.82, 2.24) is 5.32 Å². The van der Waals surface area contributed by atoms with Crippen LogP contribution in [0.5, 0.6) is 0 Å². The summed E-state index contributed by atoms with van der Waals surface area (Å²) in [5, 5.41) is 18.5. The fraction of sp³-hybridized carbons (Fsp3) is 0.727. The summed E-state index contributed by atoms with van der Waals surface area (Å²) in [5.74, 6) is -2.05. The maximum atomic E-state index is 11.0. The number of aliphatic carboxylic acids is 2. The highest BCUT2D eigenvalue weighted by atomic mass is 16.6. The summed E-state index contributed by atoms with van der Waals surface area (Å²) in [6.07, 6.45) is -0.720. The van der Waals surface area contributed by atoms with E-state index >= 15 is 0 Å². The summed E-state index contributed by atoms with van der Waals surface area (Å²) in [7, 11) is 0. The van der Waals surface area contributed by atoms with Crippen LogP contribution >= 0.6 is 0 Å². The molecule has 0 aliphatic rings. The SMILES string of the molecule is C[C@H](N)C(=O)O.C[C@H](NC(=O)OC(C)(C)C)C(=O)O. The lowest BCUT2D eigenvalue weighted by molar-refractivity contribution is -0.139. The molecule has 0 fully saturated rings. The van der Waals surface area contributed by atoms with Crippen molar-refractivity contribution in [2.24, 2.45) is 5.73 Å². The van der Waals surface area contributed by atoms with Gasteiger partial charge in [-0.15, -0.1) is 0 Å². The van der Waals surface area contributed by atoms with Crippen LogP contribution in [0.2, 0.25) is 0 Å². The van der Waals surface area contributed by atoms with Crippen molar-refractivity contribution >= 4 is 18.0 Å². The van der Waals surface area contributed by atoms with Gasteiger partial charge in [-0.1, -0.05) is 0 Å². The van der Waals surface area contributed by atoms with Crippen LogP contribution in [0, 0.1) is 0 Å². The first-order valence-electron chi connectivity index (χ1n) is 5.57. The summed E-state index contributed by atoms with van der Waals surface area (Å²) in [5.41, 5.74) is 4.23. The lowest BCUT2D eigenvalue weighted by Crippen LogP contribution is -2.41. The third-order valence-electron chi connectivity index (χ3n) is 1.49. The van der Waals surface area contributed by atoms with Gasteiger partial charge in [-0.3, -0.25) is 9.59 Å². The van der Waals surface area contributed by atoms with E-state index < -0.39 is 35.7 Å². The second kappa shape index (κ2) is 8.30. The van der Waals surface area contributed by atoms with Crippen LogP contribution in [-0.4, -0.2) is 45.9 Å². The number of rotatable bonds is 3. The largest absolute Gasteiger partial charge is 0.480 e. The smallest absolute Gasteiger partial charge is 0.408 e. The summed E-state index contributed by atoms with van der Waals surface area (Å²) in [6, 6.07) is -1.67. The van der Waals surface area contributed by atoms with Crippen LogP contribution < -0.4 is 11.1 Å². The van der Waals surface area contributed by atoms with E-state index in [1.165, 1.54) is 13.8 Å². The Kier molecular flexibility index (Phi) is 8.53. The Morgan fingerprint density at radius 1 is 1.11 bits per heavy atom. The number of carboxylic acids is 2. The maximum Gasteiger partial charge on any atom is 0.408 e. The lowest BCUT2D eigenvalue weighted by atomic mass is 10.2. The minimum atomic E-state index is -1.09. The predicted octanol–water partition coefficient (Wildman–Crippen LogP) is 0.402. The molecule has 0 spiro atoms. The zero-order chi connectivity index (χ0) is 15.8. The first-order chi connectivity index (χ1) is 8.36. The molecule has 5 N–H and O–H groups in total. The molecule has 0 heterocycles. The topological polar surface area (TPSA) is 139 Å². The zero-order valence-corrected chi connectivity index (χ0v) is 11.8.